The van der Waals surface area contributed by atoms with E-state index in [1.54, 1.807) is 0 Å². The van der Waals surface area contributed by atoms with Crippen molar-refractivity contribution in [2.45, 2.75) is 32.2 Å². The first-order valence-electron chi connectivity index (χ1n) is 5.71. The quantitative estimate of drug-likeness (QED) is 0.835. The highest BCUT2D eigenvalue weighted by Crippen LogP contribution is 2.09. The molecule has 1 atom stereocenters. The second-order valence-electron chi connectivity index (χ2n) is 4.03. The molecule has 0 aromatic heterocycles. The number of hydrogen-bond acceptors (Lipinski definition) is 2. The molecule has 0 spiro atoms. The van der Waals surface area contributed by atoms with Crippen molar-refractivity contribution in [3.05, 3.63) is 35.9 Å². The standard InChI is InChI=1S/C13H16N2O/c1-2-6-12-14-11(13(16)15-12)9-10-7-4-3-5-8-10/h3-5,7-8,11H,2,6,9H2,1H3,(H,14,15,16)/t11-/m0/s1. The van der Waals surface area contributed by atoms with E-state index in [0.29, 0.717) is 0 Å². The van der Waals surface area contributed by atoms with Crippen LogP contribution in [0.4, 0.5) is 0 Å². The van der Waals surface area contributed by atoms with Gasteiger partial charge in [0.1, 0.15) is 11.9 Å². The van der Waals surface area contributed by atoms with Crippen LogP contribution in [0.2, 0.25) is 0 Å². The minimum Gasteiger partial charge on any atom is -0.361 e. The Morgan fingerprint density at radius 3 is 2.75 bits per heavy atom. The third-order valence-corrected chi connectivity index (χ3v) is 2.65. The maximum absolute atomic E-state index is 11.6. The van der Waals surface area contributed by atoms with E-state index in [1.165, 1.54) is 5.56 Å². The van der Waals surface area contributed by atoms with Crippen LogP contribution < -0.4 is 5.32 Å². The Kier molecular flexibility index (Phi) is 3.34. The first-order valence-corrected chi connectivity index (χ1v) is 5.71. The van der Waals surface area contributed by atoms with Crippen LogP contribution in [0.5, 0.6) is 0 Å². The number of rotatable bonds is 4. The molecule has 1 heterocycles. The van der Waals surface area contributed by atoms with Crippen LogP contribution in [0.15, 0.2) is 35.3 Å². The van der Waals surface area contributed by atoms with Crippen molar-refractivity contribution in [2.75, 3.05) is 0 Å². The molecule has 0 radical (unpaired) electrons. The Hall–Kier alpha value is -1.64. The van der Waals surface area contributed by atoms with Crippen molar-refractivity contribution < 1.29 is 4.79 Å². The van der Waals surface area contributed by atoms with Crippen molar-refractivity contribution in [3.63, 3.8) is 0 Å². The van der Waals surface area contributed by atoms with E-state index in [9.17, 15) is 4.79 Å². The predicted octanol–water partition coefficient (Wildman–Crippen LogP) is 1.93. The lowest BCUT2D eigenvalue weighted by Crippen LogP contribution is -2.34. The van der Waals surface area contributed by atoms with E-state index in [-0.39, 0.29) is 11.9 Å². The molecule has 16 heavy (non-hydrogen) atoms. The molecule has 0 fully saturated rings. The number of carbonyl (C=O) groups is 1. The highest BCUT2D eigenvalue weighted by molar-refractivity contribution is 6.03. The van der Waals surface area contributed by atoms with Gasteiger partial charge in [-0.1, -0.05) is 37.3 Å². The number of carbonyl (C=O) groups excluding carboxylic acids is 1. The maximum Gasteiger partial charge on any atom is 0.270 e. The average Bonchev–Trinajstić information content (AvgIpc) is 2.61. The lowest BCUT2D eigenvalue weighted by Gasteiger charge is -2.09. The second-order valence-corrected chi connectivity index (χ2v) is 4.03. The number of hydrogen-bond donors (Lipinski definition) is 1. The fourth-order valence-corrected chi connectivity index (χ4v) is 1.86. The van der Waals surface area contributed by atoms with Crippen LogP contribution in [0.1, 0.15) is 25.3 Å². The third kappa shape index (κ3) is 2.48. The predicted molar refractivity (Wildman–Crippen MR) is 64.4 cm³/mol. The van der Waals surface area contributed by atoms with Crippen LogP contribution in [-0.2, 0) is 11.2 Å². The van der Waals surface area contributed by atoms with Gasteiger partial charge >= 0.3 is 0 Å². The average molecular weight is 216 g/mol. The van der Waals surface area contributed by atoms with Crippen molar-refractivity contribution in [3.8, 4) is 0 Å². The Labute approximate surface area is 95.6 Å². The molecule has 2 rings (SSSR count). The van der Waals surface area contributed by atoms with E-state index in [1.807, 2.05) is 30.3 Å². The fraction of sp³-hybridized carbons (Fsp3) is 0.385. The fourth-order valence-electron chi connectivity index (χ4n) is 1.86. The molecule has 1 aliphatic heterocycles. The molecule has 1 aromatic carbocycles. The van der Waals surface area contributed by atoms with Gasteiger partial charge in [0.15, 0.2) is 0 Å². The molecule has 0 unspecified atom stereocenters. The first-order chi connectivity index (χ1) is 7.79. The molecular formula is C13H16N2O. The summed E-state index contributed by atoms with van der Waals surface area (Å²) in [6.45, 7) is 2.08. The maximum atomic E-state index is 11.6. The smallest absolute Gasteiger partial charge is 0.270 e. The number of benzene rings is 1. The van der Waals surface area contributed by atoms with Crippen LogP contribution in [0.3, 0.4) is 0 Å². The van der Waals surface area contributed by atoms with E-state index >= 15 is 0 Å². The molecule has 1 amide bonds. The summed E-state index contributed by atoms with van der Waals surface area (Å²) in [4.78, 5) is 15.6. The SMILES string of the molecule is CCCC1=NC(=O)[C@H](Cc2ccccc2)N1. The van der Waals surface area contributed by atoms with Gasteiger partial charge in [0.05, 0.1) is 0 Å². The summed E-state index contributed by atoms with van der Waals surface area (Å²) < 4.78 is 0. The van der Waals surface area contributed by atoms with Gasteiger partial charge in [-0.2, -0.15) is 4.99 Å². The van der Waals surface area contributed by atoms with Gasteiger partial charge < -0.3 is 5.32 Å². The third-order valence-electron chi connectivity index (χ3n) is 2.65. The number of nitrogens with zero attached hydrogens (tertiary/aromatic N) is 1. The first kappa shape index (κ1) is 10.9. The van der Waals surface area contributed by atoms with E-state index in [0.717, 1.165) is 25.1 Å². The molecule has 1 aromatic rings. The zero-order valence-electron chi connectivity index (χ0n) is 9.44. The summed E-state index contributed by atoms with van der Waals surface area (Å²) >= 11 is 0. The van der Waals surface area contributed by atoms with Crippen molar-refractivity contribution in [2.24, 2.45) is 4.99 Å². The van der Waals surface area contributed by atoms with Gasteiger partial charge in [0.2, 0.25) is 0 Å². The van der Waals surface area contributed by atoms with Crippen LogP contribution in [-0.4, -0.2) is 17.8 Å². The zero-order chi connectivity index (χ0) is 11.4. The summed E-state index contributed by atoms with van der Waals surface area (Å²) in [6, 6.07) is 9.86. The Morgan fingerprint density at radius 1 is 1.31 bits per heavy atom. The van der Waals surface area contributed by atoms with Gasteiger partial charge in [-0.3, -0.25) is 4.79 Å². The molecular weight excluding hydrogens is 200 g/mol. The van der Waals surface area contributed by atoms with Gasteiger partial charge in [-0.15, -0.1) is 0 Å². The molecule has 0 saturated heterocycles. The molecule has 1 aliphatic rings. The number of amides is 1. The summed E-state index contributed by atoms with van der Waals surface area (Å²) in [7, 11) is 0. The number of amidine groups is 1. The summed E-state index contributed by atoms with van der Waals surface area (Å²) in [5, 5.41) is 3.19. The van der Waals surface area contributed by atoms with Gasteiger partial charge in [0.25, 0.3) is 5.91 Å². The van der Waals surface area contributed by atoms with E-state index in [2.05, 4.69) is 17.2 Å². The zero-order valence-corrected chi connectivity index (χ0v) is 9.44. The second kappa shape index (κ2) is 4.92. The van der Waals surface area contributed by atoms with Gasteiger partial charge in [0, 0.05) is 12.8 Å². The van der Waals surface area contributed by atoms with E-state index < -0.39 is 0 Å². The molecule has 3 nitrogen and oxygen atoms in total. The van der Waals surface area contributed by atoms with Gasteiger partial charge in [-0.05, 0) is 12.0 Å². The summed E-state index contributed by atoms with van der Waals surface area (Å²) in [5.74, 6) is 0.806. The summed E-state index contributed by atoms with van der Waals surface area (Å²) in [6.07, 6.45) is 2.59. The highest BCUT2D eigenvalue weighted by Gasteiger charge is 2.25. The minimum atomic E-state index is -0.163. The molecule has 0 aliphatic carbocycles. The number of nitrogens with one attached hydrogen (secondary N) is 1. The Morgan fingerprint density at radius 2 is 2.06 bits per heavy atom. The lowest BCUT2D eigenvalue weighted by atomic mass is 10.1. The largest absolute Gasteiger partial charge is 0.361 e. The summed E-state index contributed by atoms with van der Waals surface area (Å²) in [5.41, 5.74) is 1.17. The van der Waals surface area contributed by atoms with Crippen molar-refractivity contribution >= 4 is 11.7 Å². The van der Waals surface area contributed by atoms with Crippen LogP contribution in [0, 0.1) is 0 Å². The molecule has 0 bridgehead atoms. The van der Waals surface area contributed by atoms with Gasteiger partial charge in [-0.25, -0.2) is 0 Å². The Balaban J connectivity index is 1.97. The monoisotopic (exact) mass is 216 g/mol. The molecule has 3 heteroatoms. The topological polar surface area (TPSA) is 41.5 Å². The minimum absolute atomic E-state index is 0.0349. The molecule has 1 N–H and O–H groups in total. The van der Waals surface area contributed by atoms with Crippen LogP contribution >= 0.6 is 0 Å². The lowest BCUT2D eigenvalue weighted by molar-refractivity contribution is -0.118. The molecule has 84 valence electrons. The Bertz CT molecular complexity index is 398. The highest BCUT2D eigenvalue weighted by atomic mass is 16.2. The number of aliphatic imine (C=N–C) groups is 1. The van der Waals surface area contributed by atoms with Crippen LogP contribution in [0.25, 0.3) is 0 Å². The van der Waals surface area contributed by atoms with Crippen molar-refractivity contribution in [1.29, 1.82) is 0 Å². The van der Waals surface area contributed by atoms with E-state index in [4.69, 9.17) is 0 Å². The normalized spacial score (nSPS) is 19.4. The molecule has 0 saturated carbocycles. The van der Waals surface area contributed by atoms with Crippen molar-refractivity contribution in [1.82, 2.24) is 5.32 Å².